The predicted octanol–water partition coefficient (Wildman–Crippen LogP) is 0.932. The van der Waals surface area contributed by atoms with Gasteiger partial charge in [-0.25, -0.2) is 0 Å². The first-order valence-corrected chi connectivity index (χ1v) is 9.78. The van der Waals surface area contributed by atoms with E-state index in [2.05, 4.69) is 35.9 Å². The molecule has 0 unspecified atom stereocenters. The maximum absolute atomic E-state index is 11.8. The van der Waals surface area contributed by atoms with Gasteiger partial charge in [0.05, 0.1) is 23.6 Å². The van der Waals surface area contributed by atoms with Crippen molar-refractivity contribution < 1.29 is 9.59 Å². The summed E-state index contributed by atoms with van der Waals surface area (Å²) in [5.74, 6) is 2.00. The van der Waals surface area contributed by atoms with Crippen molar-refractivity contribution in [3.8, 4) is 0 Å². The SMILES string of the molecule is CCN[C@@H](CS)C(=O)CSSCC(=O)[C@H](CS)NC. The summed E-state index contributed by atoms with van der Waals surface area (Å²) in [6.45, 7) is 2.71. The molecule has 0 radical (unpaired) electrons. The summed E-state index contributed by atoms with van der Waals surface area (Å²) in [6.07, 6.45) is 0. The molecule has 0 fully saturated rings. The Kier molecular flexibility index (Phi) is 12.8. The zero-order chi connectivity index (χ0) is 14.7. The first kappa shape index (κ1) is 19.7. The van der Waals surface area contributed by atoms with Crippen molar-refractivity contribution in [3.05, 3.63) is 0 Å². The van der Waals surface area contributed by atoms with Crippen molar-refractivity contribution in [1.82, 2.24) is 10.6 Å². The topological polar surface area (TPSA) is 58.2 Å². The van der Waals surface area contributed by atoms with E-state index in [-0.39, 0.29) is 23.7 Å². The molecule has 4 nitrogen and oxygen atoms in total. The molecular weight excluding hydrogens is 320 g/mol. The van der Waals surface area contributed by atoms with E-state index < -0.39 is 0 Å². The van der Waals surface area contributed by atoms with Gasteiger partial charge >= 0.3 is 0 Å². The van der Waals surface area contributed by atoms with E-state index in [1.165, 1.54) is 21.6 Å². The van der Waals surface area contributed by atoms with Gasteiger partial charge in [0.1, 0.15) is 0 Å². The lowest BCUT2D eigenvalue weighted by Gasteiger charge is -2.14. The molecule has 0 aromatic carbocycles. The van der Waals surface area contributed by atoms with E-state index in [9.17, 15) is 9.59 Å². The van der Waals surface area contributed by atoms with Gasteiger partial charge in [-0.2, -0.15) is 25.3 Å². The number of ketones is 2. The smallest absolute Gasteiger partial charge is 0.161 e. The van der Waals surface area contributed by atoms with Gasteiger partial charge in [-0.05, 0) is 13.6 Å². The molecule has 0 aliphatic rings. The summed E-state index contributed by atoms with van der Waals surface area (Å²) in [5, 5.41) is 5.99. The second-order valence-corrected chi connectivity index (χ2v) is 6.97. The van der Waals surface area contributed by atoms with E-state index in [4.69, 9.17) is 0 Å². The summed E-state index contributed by atoms with van der Waals surface area (Å²) in [7, 11) is 4.58. The quantitative estimate of drug-likeness (QED) is 0.241. The molecule has 0 rings (SSSR count). The van der Waals surface area contributed by atoms with Crippen molar-refractivity contribution >= 4 is 58.4 Å². The lowest BCUT2D eigenvalue weighted by Crippen LogP contribution is -2.39. The summed E-state index contributed by atoms with van der Waals surface area (Å²) in [4.78, 5) is 23.5. The third kappa shape index (κ3) is 8.52. The first-order chi connectivity index (χ1) is 9.10. The van der Waals surface area contributed by atoms with Crippen LogP contribution in [0.15, 0.2) is 0 Å². The Bertz CT molecular complexity index is 275. The lowest BCUT2D eigenvalue weighted by atomic mass is 10.2. The second-order valence-electron chi connectivity index (χ2n) is 3.77. The normalized spacial score (nSPS) is 14.1. The van der Waals surface area contributed by atoms with Crippen LogP contribution in [-0.4, -0.2) is 60.3 Å². The molecule has 0 aromatic heterocycles. The summed E-state index contributed by atoms with van der Waals surface area (Å²) in [6, 6.07) is -0.404. The molecule has 2 N–H and O–H groups in total. The molecule has 0 saturated heterocycles. The Morgan fingerprint density at radius 3 is 1.89 bits per heavy atom. The van der Waals surface area contributed by atoms with Crippen molar-refractivity contribution in [1.29, 1.82) is 0 Å². The van der Waals surface area contributed by atoms with Crippen LogP contribution in [0.25, 0.3) is 0 Å². The van der Waals surface area contributed by atoms with Crippen LogP contribution >= 0.6 is 46.8 Å². The van der Waals surface area contributed by atoms with Crippen LogP contribution in [-0.2, 0) is 9.59 Å². The highest BCUT2D eigenvalue weighted by molar-refractivity contribution is 8.77. The van der Waals surface area contributed by atoms with E-state index in [1.54, 1.807) is 7.05 Å². The number of thiol groups is 2. The molecule has 19 heavy (non-hydrogen) atoms. The highest BCUT2D eigenvalue weighted by atomic mass is 33.1. The molecule has 0 amide bonds. The number of nitrogens with one attached hydrogen (secondary N) is 2. The largest absolute Gasteiger partial charge is 0.310 e. The standard InChI is InChI=1S/C11H22N2O2S4/c1-3-13-9(5-17)11(15)7-19-18-6-10(14)8(4-16)12-2/h8-9,12-13,16-17H,3-7H2,1-2H3/t8-,9-/m0/s1. The molecule has 0 aliphatic heterocycles. The molecular formula is C11H22N2O2S4. The second kappa shape index (κ2) is 12.4. The Hall–Kier alpha value is 0.660. The van der Waals surface area contributed by atoms with Crippen molar-refractivity contribution in [2.45, 2.75) is 19.0 Å². The molecule has 0 aliphatic carbocycles. The minimum atomic E-state index is -0.209. The molecule has 112 valence electrons. The van der Waals surface area contributed by atoms with E-state index in [0.717, 1.165) is 6.54 Å². The molecule has 0 heterocycles. The van der Waals surface area contributed by atoms with Gasteiger partial charge in [0.25, 0.3) is 0 Å². The van der Waals surface area contributed by atoms with E-state index in [1.807, 2.05) is 6.92 Å². The fourth-order valence-electron chi connectivity index (χ4n) is 1.28. The molecule has 0 bridgehead atoms. The molecule has 2 atom stereocenters. The highest BCUT2D eigenvalue weighted by Crippen LogP contribution is 2.22. The number of likely N-dealkylation sites (N-methyl/N-ethyl adjacent to an activating group) is 2. The van der Waals surface area contributed by atoms with E-state index in [0.29, 0.717) is 23.0 Å². The molecule has 0 aromatic rings. The molecule has 0 saturated carbocycles. The highest BCUT2D eigenvalue weighted by Gasteiger charge is 2.17. The fourth-order valence-corrected chi connectivity index (χ4v) is 4.00. The fraction of sp³-hybridized carbons (Fsp3) is 0.818. The number of hydrogen-bond donors (Lipinski definition) is 4. The zero-order valence-electron chi connectivity index (χ0n) is 11.2. The van der Waals surface area contributed by atoms with Gasteiger partial charge in [0.2, 0.25) is 0 Å². The van der Waals surface area contributed by atoms with Crippen molar-refractivity contribution in [2.75, 3.05) is 36.6 Å². The summed E-state index contributed by atoms with van der Waals surface area (Å²) >= 11 is 8.25. The maximum Gasteiger partial charge on any atom is 0.161 e. The maximum atomic E-state index is 11.8. The average molecular weight is 343 g/mol. The van der Waals surface area contributed by atoms with Crippen LogP contribution in [0.5, 0.6) is 0 Å². The van der Waals surface area contributed by atoms with Gasteiger partial charge < -0.3 is 10.6 Å². The Morgan fingerprint density at radius 1 is 1.05 bits per heavy atom. The van der Waals surface area contributed by atoms with Crippen molar-refractivity contribution in [3.63, 3.8) is 0 Å². The van der Waals surface area contributed by atoms with Gasteiger partial charge in [-0.15, -0.1) is 0 Å². The Morgan fingerprint density at radius 2 is 1.53 bits per heavy atom. The summed E-state index contributed by atoms with van der Waals surface area (Å²) in [5.41, 5.74) is 0. The third-order valence-electron chi connectivity index (χ3n) is 2.43. The minimum absolute atomic E-state index is 0.111. The van der Waals surface area contributed by atoms with Crippen LogP contribution in [0.4, 0.5) is 0 Å². The monoisotopic (exact) mass is 342 g/mol. The van der Waals surface area contributed by atoms with Gasteiger partial charge in [0.15, 0.2) is 11.6 Å². The van der Waals surface area contributed by atoms with Crippen LogP contribution < -0.4 is 10.6 Å². The third-order valence-corrected chi connectivity index (χ3v) is 5.34. The zero-order valence-corrected chi connectivity index (χ0v) is 14.6. The van der Waals surface area contributed by atoms with Crippen LogP contribution in [0.2, 0.25) is 0 Å². The number of Topliss-reactive ketones (excluding diaryl/α,β-unsaturated/α-hetero) is 2. The van der Waals surface area contributed by atoms with Crippen molar-refractivity contribution in [2.24, 2.45) is 0 Å². The van der Waals surface area contributed by atoms with Crippen LogP contribution in [0, 0.1) is 0 Å². The lowest BCUT2D eigenvalue weighted by molar-refractivity contribution is -0.118. The summed E-state index contributed by atoms with van der Waals surface area (Å²) < 4.78 is 0. The number of carbonyl (C=O) groups excluding carboxylic acids is 2. The van der Waals surface area contributed by atoms with Gasteiger partial charge in [-0.1, -0.05) is 28.5 Å². The van der Waals surface area contributed by atoms with Gasteiger partial charge in [-0.3, -0.25) is 9.59 Å². The predicted molar refractivity (Wildman–Crippen MR) is 92.9 cm³/mol. The first-order valence-electron chi connectivity index (χ1n) is 6.02. The van der Waals surface area contributed by atoms with Crippen LogP contribution in [0.3, 0.4) is 0 Å². The molecule has 0 spiro atoms. The Labute approximate surface area is 134 Å². The Balaban J connectivity index is 3.85. The van der Waals surface area contributed by atoms with Crippen LogP contribution in [0.1, 0.15) is 6.92 Å². The number of rotatable bonds is 12. The number of hydrogen-bond acceptors (Lipinski definition) is 8. The molecule has 8 heteroatoms. The van der Waals surface area contributed by atoms with Gasteiger partial charge in [0, 0.05) is 11.5 Å². The van der Waals surface area contributed by atoms with E-state index >= 15 is 0 Å². The number of carbonyl (C=O) groups is 2. The minimum Gasteiger partial charge on any atom is -0.310 e. The average Bonchev–Trinajstić information content (AvgIpc) is 2.42.